The average molecular weight is 569 g/mol. The number of hydrogen-bond donors (Lipinski definition) is 3. The number of nitrogens with two attached hydrogens (primary N) is 1. The third-order valence-corrected chi connectivity index (χ3v) is 6.20. The fourth-order valence-electron chi connectivity index (χ4n) is 4.25. The number of alkyl carbamates (subject to hydrolysis) is 1. The van der Waals surface area contributed by atoms with Crippen LogP contribution in [0.25, 0.3) is 0 Å². The van der Waals surface area contributed by atoms with Gasteiger partial charge in [-0.2, -0.15) is 0 Å². The molecule has 2 atom stereocenters. The number of carbonyl (C=O) groups excluding carboxylic acids is 4. The number of methoxy groups -OCH3 is 1. The van der Waals surface area contributed by atoms with Gasteiger partial charge in [0.15, 0.2) is 0 Å². The number of primary amides is 1. The van der Waals surface area contributed by atoms with Crippen LogP contribution in [0.3, 0.4) is 0 Å². The minimum Gasteiger partial charge on any atom is -0.497 e. The Bertz CT molecular complexity index is 1200. The summed E-state index contributed by atoms with van der Waals surface area (Å²) >= 11 is 0. The van der Waals surface area contributed by atoms with Crippen LogP contribution in [0, 0.1) is 0 Å². The van der Waals surface area contributed by atoms with Crippen molar-refractivity contribution in [1.29, 1.82) is 0 Å². The van der Waals surface area contributed by atoms with Gasteiger partial charge in [0.25, 0.3) is 5.91 Å². The molecule has 224 valence electrons. The van der Waals surface area contributed by atoms with Crippen molar-refractivity contribution in [1.82, 2.24) is 10.2 Å². The Kier molecular flexibility index (Phi) is 11.3. The van der Waals surface area contributed by atoms with Gasteiger partial charge in [-0.05, 0) is 89.8 Å². The van der Waals surface area contributed by atoms with Crippen molar-refractivity contribution < 1.29 is 28.7 Å². The Balaban J connectivity index is 2.58. The van der Waals surface area contributed by atoms with Gasteiger partial charge in [0.1, 0.15) is 23.4 Å². The summed E-state index contributed by atoms with van der Waals surface area (Å²) in [6, 6.07) is 12.1. The van der Waals surface area contributed by atoms with E-state index >= 15 is 0 Å². The van der Waals surface area contributed by atoms with Crippen molar-refractivity contribution in [2.24, 2.45) is 5.73 Å². The zero-order valence-electron chi connectivity index (χ0n) is 25.4. The molecule has 41 heavy (non-hydrogen) atoms. The van der Waals surface area contributed by atoms with Gasteiger partial charge < -0.3 is 30.7 Å². The van der Waals surface area contributed by atoms with E-state index in [-0.39, 0.29) is 12.8 Å². The molecule has 4 amide bonds. The molecule has 0 aliphatic heterocycles. The number of nitrogens with zero attached hydrogens (tertiary/aromatic N) is 1. The van der Waals surface area contributed by atoms with Gasteiger partial charge in [0.05, 0.1) is 7.11 Å². The first-order chi connectivity index (χ1) is 19.1. The quantitative estimate of drug-likeness (QED) is 0.358. The summed E-state index contributed by atoms with van der Waals surface area (Å²) < 4.78 is 10.6. The maximum atomic E-state index is 14.3. The summed E-state index contributed by atoms with van der Waals surface area (Å²) in [5.41, 5.74) is 5.86. The molecule has 10 nitrogen and oxygen atoms in total. The number of anilines is 1. The van der Waals surface area contributed by atoms with Crippen LogP contribution in [0.4, 0.5) is 10.5 Å². The highest BCUT2D eigenvalue weighted by atomic mass is 16.6. The van der Waals surface area contributed by atoms with E-state index in [2.05, 4.69) is 10.6 Å². The summed E-state index contributed by atoms with van der Waals surface area (Å²) in [4.78, 5) is 54.1. The molecule has 0 saturated carbocycles. The summed E-state index contributed by atoms with van der Waals surface area (Å²) in [5, 5.41) is 5.52. The minimum absolute atomic E-state index is 0.0679. The predicted octanol–water partition coefficient (Wildman–Crippen LogP) is 4.72. The van der Waals surface area contributed by atoms with Crippen LogP contribution in [0.1, 0.15) is 78.5 Å². The SMILES string of the molecule is CCc1ccc(C(C(=O)Nc2ccc(OC)cc2)N(C(=O)C(CCC(N)=O)NC(=O)OC(C)(C)C)C(C)(C)C)cc1. The van der Waals surface area contributed by atoms with E-state index in [0.717, 1.165) is 12.0 Å². The molecule has 10 heteroatoms. The maximum Gasteiger partial charge on any atom is 0.408 e. The summed E-state index contributed by atoms with van der Waals surface area (Å²) in [7, 11) is 1.55. The monoisotopic (exact) mass is 568 g/mol. The summed E-state index contributed by atoms with van der Waals surface area (Å²) in [6.07, 6.45) is -0.236. The Hall–Kier alpha value is -4.08. The lowest BCUT2D eigenvalue weighted by molar-refractivity contribution is -0.147. The van der Waals surface area contributed by atoms with E-state index in [0.29, 0.717) is 17.0 Å². The second-order valence-corrected chi connectivity index (χ2v) is 11.8. The van der Waals surface area contributed by atoms with E-state index in [1.165, 1.54) is 4.90 Å². The number of rotatable bonds is 11. The van der Waals surface area contributed by atoms with Gasteiger partial charge in [0.2, 0.25) is 11.8 Å². The number of amides is 4. The van der Waals surface area contributed by atoms with Crippen LogP contribution in [0.5, 0.6) is 5.75 Å². The Morgan fingerprint density at radius 2 is 1.51 bits per heavy atom. The summed E-state index contributed by atoms with van der Waals surface area (Å²) in [6.45, 7) is 12.5. The number of hydrogen-bond acceptors (Lipinski definition) is 6. The normalized spacial score (nSPS) is 13.0. The fraction of sp³-hybridized carbons (Fsp3) is 0.484. The Labute approximate surface area is 242 Å². The number of aryl methyl sites for hydroxylation is 1. The zero-order valence-corrected chi connectivity index (χ0v) is 25.4. The van der Waals surface area contributed by atoms with E-state index in [4.69, 9.17) is 15.2 Å². The molecule has 2 unspecified atom stereocenters. The molecule has 0 fully saturated rings. The molecule has 2 aromatic carbocycles. The number of ether oxygens (including phenoxy) is 2. The lowest BCUT2D eigenvalue weighted by Crippen LogP contribution is -2.58. The minimum atomic E-state index is -1.18. The average Bonchev–Trinajstić information content (AvgIpc) is 2.87. The van der Waals surface area contributed by atoms with Crippen LogP contribution in [-0.4, -0.2) is 53.0 Å². The van der Waals surface area contributed by atoms with Gasteiger partial charge in [0, 0.05) is 17.6 Å². The molecule has 0 aromatic heterocycles. The molecule has 4 N–H and O–H groups in total. The highest BCUT2D eigenvalue weighted by molar-refractivity contribution is 5.99. The molecule has 2 rings (SSSR count). The van der Waals surface area contributed by atoms with Gasteiger partial charge in [-0.15, -0.1) is 0 Å². The Morgan fingerprint density at radius 3 is 1.98 bits per heavy atom. The molecule has 0 saturated heterocycles. The highest BCUT2D eigenvalue weighted by Crippen LogP contribution is 2.32. The van der Waals surface area contributed by atoms with Gasteiger partial charge >= 0.3 is 6.09 Å². The second kappa shape index (κ2) is 14.0. The first-order valence-corrected chi connectivity index (χ1v) is 13.7. The largest absolute Gasteiger partial charge is 0.497 e. The fourth-order valence-corrected chi connectivity index (χ4v) is 4.25. The molecule has 0 heterocycles. The first kappa shape index (κ1) is 33.1. The molecule has 0 spiro atoms. The smallest absolute Gasteiger partial charge is 0.408 e. The van der Waals surface area contributed by atoms with Crippen LogP contribution < -0.4 is 21.1 Å². The number of benzene rings is 2. The van der Waals surface area contributed by atoms with Crippen LogP contribution in [0.2, 0.25) is 0 Å². The van der Waals surface area contributed by atoms with Gasteiger partial charge in [-0.25, -0.2) is 4.79 Å². The molecule has 0 aliphatic rings. The van der Waals surface area contributed by atoms with E-state index in [9.17, 15) is 19.2 Å². The first-order valence-electron chi connectivity index (χ1n) is 13.7. The van der Waals surface area contributed by atoms with E-state index < -0.39 is 47.0 Å². The van der Waals surface area contributed by atoms with Crippen molar-refractivity contribution >= 4 is 29.5 Å². The second-order valence-electron chi connectivity index (χ2n) is 11.8. The van der Waals surface area contributed by atoms with Crippen LogP contribution >= 0.6 is 0 Å². The topological polar surface area (TPSA) is 140 Å². The Morgan fingerprint density at radius 1 is 0.927 bits per heavy atom. The van der Waals surface area contributed by atoms with Crippen molar-refractivity contribution in [2.45, 2.75) is 91.0 Å². The maximum absolute atomic E-state index is 14.3. The molecule has 0 radical (unpaired) electrons. The third-order valence-electron chi connectivity index (χ3n) is 6.20. The van der Waals surface area contributed by atoms with Crippen LogP contribution in [0.15, 0.2) is 48.5 Å². The number of carbonyl (C=O) groups is 4. The molecule has 0 aliphatic carbocycles. The third kappa shape index (κ3) is 10.1. The van der Waals surface area contributed by atoms with Crippen molar-refractivity contribution in [2.75, 3.05) is 12.4 Å². The van der Waals surface area contributed by atoms with Crippen molar-refractivity contribution in [3.63, 3.8) is 0 Å². The predicted molar refractivity (Wildman–Crippen MR) is 158 cm³/mol. The summed E-state index contributed by atoms with van der Waals surface area (Å²) in [5.74, 6) is -1.00. The van der Waals surface area contributed by atoms with Crippen LogP contribution in [-0.2, 0) is 25.5 Å². The van der Waals surface area contributed by atoms with Gasteiger partial charge in [-0.1, -0.05) is 31.2 Å². The molecular weight excluding hydrogens is 524 g/mol. The number of nitrogens with one attached hydrogen (secondary N) is 2. The van der Waals surface area contributed by atoms with E-state index in [1.807, 2.05) is 31.2 Å². The molecule has 2 aromatic rings. The van der Waals surface area contributed by atoms with Crippen molar-refractivity contribution in [3.05, 3.63) is 59.7 Å². The van der Waals surface area contributed by atoms with Gasteiger partial charge in [-0.3, -0.25) is 14.4 Å². The highest BCUT2D eigenvalue weighted by Gasteiger charge is 2.42. The standard InChI is InChI=1S/C31H44N4O6/c1-9-20-10-12-21(13-11-20)26(27(37)33-22-14-16-23(40-8)17-15-22)35(30(2,3)4)28(38)24(18-19-25(32)36)34-29(39)41-31(5,6)7/h10-17,24,26H,9,18-19H2,1-8H3,(H2,32,36)(H,33,37)(H,34,39). The lowest BCUT2D eigenvalue weighted by Gasteiger charge is -2.43. The lowest BCUT2D eigenvalue weighted by atomic mass is 9.94. The van der Waals surface area contributed by atoms with Crippen molar-refractivity contribution in [3.8, 4) is 5.75 Å². The zero-order chi connectivity index (χ0) is 31.0. The molecular formula is C31H44N4O6. The molecule has 0 bridgehead atoms. The van der Waals surface area contributed by atoms with E-state index in [1.54, 1.807) is 72.9 Å².